The molecule has 21 heavy (non-hydrogen) atoms. The lowest BCUT2D eigenvalue weighted by atomic mass is 10.2. The average molecular weight is 290 g/mol. The van der Waals surface area contributed by atoms with E-state index >= 15 is 0 Å². The van der Waals surface area contributed by atoms with Crippen LogP contribution in [-0.4, -0.2) is 55.7 Å². The van der Waals surface area contributed by atoms with Crippen molar-refractivity contribution in [2.24, 2.45) is 7.05 Å². The molecule has 2 aromatic rings. The summed E-state index contributed by atoms with van der Waals surface area (Å²) in [6, 6.07) is 2.91. The van der Waals surface area contributed by atoms with Crippen molar-refractivity contribution in [1.29, 1.82) is 0 Å². The molecule has 1 saturated heterocycles. The van der Waals surface area contributed by atoms with Crippen LogP contribution in [0.5, 0.6) is 0 Å². The topological polar surface area (TPSA) is 106 Å². The summed E-state index contributed by atoms with van der Waals surface area (Å²) in [5.41, 5.74) is 0.309. The molecule has 1 N–H and O–H groups in total. The van der Waals surface area contributed by atoms with Gasteiger partial charge in [0, 0.05) is 25.9 Å². The molecule has 1 fully saturated rings. The molecule has 1 amide bonds. The van der Waals surface area contributed by atoms with Gasteiger partial charge >= 0.3 is 0 Å². The Bertz CT molecular complexity index is 695. The molecular formula is C12H14N6O3. The molecule has 0 aromatic carbocycles. The van der Waals surface area contributed by atoms with Crippen molar-refractivity contribution in [3.63, 3.8) is 0 Å². The number of hydrogen-bond donors (Lipinski definition) is 1. The number of H-pyrrole nitrogens is 1. The second-order valence-corrected chi connectivity index (χ2v) is 4.75. The van der Waals surface area contributed by atoms with Gasteiger partial charge in [0.05, 0.1) is 18.7 Å². The number of pyridine rings is 1. The van der Waals surface area contributed by atoms with Gasteiger partial charge in [-0.1, -0.05) is 5.21 Å². The van der Waals surface area contributed by atoms with Crippen LogP contribution in [0, 0.1) is 0 Å². The smallest absolute Gasteiger partial charge is 0.255 e. The van der Waals surface area contributed by atoms with Crippen LogP contribution >= 0.6 is 0 Å². The Morgan fingerprint density at radius 1 is 1.48 bits per heavy atom. The Labute approximate surface area is 119 Å². The highest BCUT2D eigenvalue weighted by Crippen LogP contribution is 2.19. The summed E-state index contributed by atoms with van der Waals surface area (Å²) >= 11 is 0. The molecule has 9 nitrogen and oxygen atoms in total. The molecular weight excluding hydrogens is 276 g/mol. The fourth-order valence-electron chi connectivity index (χ4n) is 2.20. The molecule has 0 aliphatic carbocycles. The van der Waals surface area contributed by atoms with Crippen molar-refractivity contribution >= 4 is 5.91 Å². The normalized spacial score (nSPS) is 18.7. The molecule has 1 aliphatic rings. The maximum atomic E-state index is 12.5. The van der Waals surface area contributed by atoms with Crippen molar-refractivity contribution in [3.8, 4) is 0 Å². The van der Waals surface area contributed by atoms with E-state index in [1.165, 1.54) is 22.9 Å². The van der Waals surface area contributed by atoms with Gasteiger partial charge in [-0.25, -0.2) is 0 Å². The number of rotatable bonds is 2. The second kappa shape index (κ2) is 5.44. The summed E-state index contributed by atoms with van der Waals surface area (Å²) in [6.45, 7) is 1.23. The number of carbonyl (C=O) groups is 1. The maximum absolute atomic E-state index is 12.5. The molecule has 1 unspecified atom stereocenters. The van der Waals surface area contributed by atoms with Crippen molar-refractivity contribution in [2.75, 3.05) is 19.7 Å². The van der Waals surface area contributed by atoms with Gasteiger partial charge in [-0.15, -0.1) is 10.2 Å². The Hall–Kier alpha value is -2.55. The Kier molecular flexibility index (Phi) is 3.48. The third-order valence-corrected chi connectivity index (χ3v) is 3.34. The molecule has 1 aliphatic heterocycles. The summed E-state index contributed by atoms with van der Waals surface area (Å²) in [7, 11) is 1.61. The summed E-state index contributed by atoms with van der Waals surface area (Å²) in [4.78, 5) is 25.5. The largest absolute Gasteiger partial charge is 0.366 e. The summed E-state index contributed by atoms with van der Waals surface area (Å²) in [6.07, 6.45) is 1.14. The van der Waals surface area contributed by atoms with Crippen molar-refractivity contribution in [1.82, 2.24) is 30.1 Å². The van der Waals surface area contributed by atoms with Crippen molar-refractivity contribution in [3.05, 3.63) is 40.1 Å². The van der Waals surface area contributed by atoms with Crippen LogP contribution in [0.15, 0.2) is 23.1 Å². The summed E-state index contributed by atoms with van der Waals surface area (Å²) in [5, 5.41) is 13.6. The third-order valence-electron chi connectivity index (χ3n) is 3.34. The van der Waals surface area contributed by atoms with Crippen LogP contribution in [0.3, 0.4) is 0 Å². The summed E-state index contributed by atoms with van der Waals surface area (Å²) < 4.78 is 6.93. The molecule has 0 radical (unpaired) electrons. The number of hydrogen-bond acceptors (Lipinski definition) is 6. The molecule has 0 bridgehead atoms. The zero-order chi connectivity index (χ0) is 14.8. The number of aryl methyl sites for hydroxylation is 1. The van der Waals surface area contributed by atoms with Crippen LogP contribution in [0.25, 0.3) is 0 Å². The quantitative estimate of drug-likeness (QED) is 0.769. The number of morpholine rings is 1. The van der Waals surface area contributed by atoms with Crippen LogP contribution < -0.4 is 5.56 Å². The zero-order valence-corrected chi connectivity index (χ0v) is 11.4. The lowest BCUT2D eigenvalue weighted by Gasteiger charge is -2.31. The second-order valence-electron chi connectivity index (χ2n) is 4.75. The fraction of sp³-hybridized carbons (Fsp3) is 0.417. The highest BCUT2D eigenvalue weighted by atomic mass is 16.5. The summed E-state index contributed by atoms with van der Waals surface area (Å²) in [5.74, 6) is 0.273. The standard InChI is InChI=1S/C12H14N6O3/c1-17-6-8(2-3-10(17)19)12(20)18-4-5-21-9(7-18)11-13-15-16-14-11/h2-3,6,9H,4-5,7H2,1H3,(H,13,14,15,16). The first-order valence-electron chi connectivity index (χ1n) is 6.46. The van der Waals surface area contributed by atoms with Gasteiger partial charge in [-0.05, 0) is 6.07 Å². The molecule has 9 heteroatoms. The fourth-order valence-corrected chi connectivity index (χ4v) is 2.20. The Balaban J connectivity index is 1.78. The number of aromatic nitrogens is 5. The molecule has 0 saturated carbocycles. The van der Waals surface area contributed by atoms with Crippen molar-refractivity contribution in [2.45, 2.75) is 6.10 Å². The number of nitrogens with zero attached hydrogens (tertiary/aromatic N) is 5. The van der Waals surface area contributed by atoms with E-state index in [4.69, 9.17) is 4.74 Å². The van der Waals surface area contributed by atoms with Crippen LogP contribution in [0.2, 0.25) is 0 Å². The van der Waals surface area contributed by atoms with E-state index < -0.39 is 6.10 Å². The monoisotopic (exact) mass is 290 g/mol. The van der Waals surface area contributed by atoms with E-state index in [0.717, 1.165) is 0 Å². The lowest BCUT2D eigenvalue weighted by molar-refractivity contribution is -0.0268. The van der Waals surface area contributed by atoms with E-state index in [1.54, 1.807) is 11.9 Å². The van der Waals surface area contributed by atoms with Gasteiger partial charge in [-0.2, -0.15) is 5.21 Å². The third kappa shape index (κ3) is 2.68. The molecule has 3 heterocycles. The number of tetrazole rings is 1. The number of carbonyl (C=O) groups excluding carboxylic acids is 1. The maximum Gasteiger partial charge on any atom is 0.255 e. The number of amides is 1. The van der Waals surface area contributed by atoms with Crippen LogP contribution in [0.4, 0.5) is 0 Å². The first kappa shape index (κ1) is 13.4. The minimum absolute atomic E-state index is 0.151. The van der Waals surface area contributed by atoms with Gasteiger partial charge in [0.2, 0.25) is 11.4 Å². The molecule has 1 atom stereocenters. The predicted octanol–water partition coefficient (Wildman–Crippen LogP) is -0.888. The van der Waals surface area contributed by atoms with Gasteiger partial charge in [0.15, 0.2) is 0 Å². The zero-order valence-electron chi connectivity index (χ0n) is 11.4. The lowest BCUT2D eigenvalue weighted by Crippen LogP contribution is -2.42. The van der Waals surface area contributed by atoms with E-state index in [2.05, 4.69) is 20.6 Å². The Morgan fingerprint density at radius 2 is 2.33 bits per heavy atom. The minimum Gasteiger partial charge on any atom is -0.366 e. The van der Waals surface area contributed by atoms with Gasteiger partial charge in [-0.3, -0.25) is 9.59 Å². The highest BCUT2D eigenvalue weighted by molar-refractivity contribution is 5.94. The average Bonchev–Trinajstić information content (AvgIpc) is 3.04. The number of ether oxygens (including phenoxy) is 1. The van der Waals surface area contributed by atoms with Crippen LogP contribution in [-0.2, 0) is 11.8 Å². The molecule has 0 spiro atoms. The predicted molar refractivity (Wildman–Crippen MR) is 70.5 cm³/mol. The van der Waals surface area contributed by atoms with Crippen molar-refractivity contribution < 1.29 is 9.53 Å². The van der Waals surface area contributed by atoms with E-state index in [1.807, 2.05) is 0 Å². The van der Waals surface area contributed by atoms with Gasteiger partial charge in [0.1, 0.15) is 6.10 Å². The van der Waals surface area contributed by atoms with E-state index in [9.17, 15) is 9.59 Å². The Morgan fingerprint density at radius 3 is 3.05 bits per heavy atom. The van der Waals surface area contributed by atoms with Gasteiger partial charge in [0.25, 0.3) is 5.91 Å². The SMILES string of the molecule is Cn1cc(C(=O)N2CCOC(c3nn[nH]n3)C2)ccc1=O. The molecule has 110 valence electrons. The van der Waals surface area contributed by atoms with Gasteiger partial charge < -0.3 is 14.2 Å². The number of nitrogens with one attached hydrogen (secondary N) is 1. The van der Waals surface area contributed by atoms with E-state index in [-0.39, 0.29) is 11.5 Å². The van der Waals surface area contributed by atoms with Crippen LogP contribution in [0.1, 0.15) is 22.3 Å². The first-order valence-corrected chi connectivity index (χ1v) is 6.46. The molecule has 3 rings (SSSR count). The minimum atomic E-state index is -0.394. The molecule has 2 aromatic heterocycles. The number of aromatic amines is 1. The first-order chi connectivity index (χ1) is 10.1. The highest BCUT2D eigenvalue weighted by Gasteiger charge is 2.28. The van der Waals surface area contributed by atoms with E-state index in [0.29, 0.717) is 31.1 Å².